The van der Waals surface area contributed by atoms with E-state index in [2.05, 4.69) is 10.6 Å². The average Bonchev–Trinajstić information content (AvgIpc) is 2.72. The second-order valence-electron chi connectivity index (χ2n) is 5.84. The molecule has 152 valence electrons. The zero-order chi connectivity index (χ0) is 21.4. The Morgan fingerprint density at radius 2 is 1.86 bits per heavy atom. The molecule has 1 unspecified atom stereocenters. The van der Waals surface area contributed by atoms with Crippen LogP contribution in [0.15, 0.2) is 48.5 Å². The summed E-state index contributed by atoms with van der Waals surface area (Å²) < 4.78 is 9.99. The fraction of sp³-hybridized carbons (Fsp3) is 0.211. The van der Waals surface area contributed by atoms with Crippen molar-refractivity contribution in [3.63, 3.8) is 0 Å². The van der Waals surface area contributed by atoms with Gasteiger partial charge in [0.2, 0.25) is 0 Å². The van der Waals surface area contributed by atoms with Gasteiger partial charge in [0.15, 0.2) is 6.10 Å². The maximum absolute atomic E-state index is 12.1. The third-order valence-electron chi connectivity index (χ3n) is 3.73. The molecule has 0 saturated heterocycles. The number of carbonyl (C=O) groups is 3. The Morgan fingerprint density at radius 3 is 2.55 bits per heavy atom. The van der Waals surface area contributed by atoms with Gasteiger partial charge in [-0.3, -0.25) is 24.5 Å². The van der Waals surface area contributed by atoms with Crippen LogP contribution in [0.1, 0.15) is 17.3 Å². The number of nitrogens with one attached hydrogen (secondary N) is 2. The highest BCUT2D eigenvalue weighted by Gasteiger charge is 2.19. The van der Waals surface area contributed by atoms with Crippen molar-refractivity contribution in [1.82, 2.24) is 5.32 Å². The first-order valence-electron chi connectivity index (χ1n) is 8.47. The van der Waals surface area contributed by atoms with Gasteiger partial charge in [0.05, 0.1) is 12.0 Å². The maximum Gasteiger partial charge on any atom is 0.326 e. The molecule has 0 spiro atoms. The van der Waals surface area contributed by atoms with Gasteiger partial charge in [-0.25, -0.2) is 0 Å². The number of non-ortho nitro benzene ring substituents is 1. The molecule has 2 rings (SSSR count). The summed E-state index contributed by atoms with van der Waals surface area (Å²) in [6.07, 6.45) is -1.17. The molecular weight excluding hydrogens is 382 g/mol. The molecule has 0 saturated carbocycles. The molecule has 10 heteroatoms. The molecular formula is C19H19N3O7. The predicted octanol–water partition coefficient (Wildman–Crippen LogP) is 1.90. The lowest BCUT2D eigenvalue weighted by atomic mass is 10.2. The van der Waals surface area contributed by atoms with Gasteiger partial charge in [0.25, 0.3) is 17.5 Å². The van der Waals surface area contributed by atoms with Gasteiger partial charge in [-0.1, -0.05) is 12.1 Å². The maximum atomic E-state index is 12.1. The van der Waals surface area contributed by atoms with Crippen LogP contribution in [0.3, 0.4) is 0 Å². The van der Waals surface area contributed by atoms with Gasteiger partial charge >= 0.3 is 5.97 Å². The summed E-state index contributed by atoms with van der Waals surface area (Å²) in [5, 5.41) is 15.6. The minimum absolute atomic E-state index is 0.187. The molecule has 1 atom stereocenters. The van der Waals surface area contributed by atoms with E-state index in [9.17, 15) is 24.5 Å². The molecule has 0 heterocycles. The van der Waals surface area contributed by atoms with Crippen molar-refractivity contribution < 1.29 is 28.8 Å². The number of carbonyl (C=O) groups excluding carboxylic acids is 3. The Balaban J connectivity index is 1.84. The third kappa shape index (κ3) is 6.31. The minimum Gasteiger partial charge on any atom is -0.497 e. The zero-order valence-corrected chi connectivity index (χ0v) is 15.7. The van der Waals surface area contributed by atoms with E-state index in [1.54, 1.807) is 18.2 Å². The summed E-state index contributed by atoms with van der Waals surface area (Å²) in [6, 6.07) is 11.7. The van der Waals surface area contributed by atoms with Crippen LogP contribution in [0.5, 0.6) is 5.75 Å². The molecule has 2 N–H and O–H groups in total. The Kier molecular flexibility index (Phi) is 7.24. The molecule has 2 aromatic carbocycles. The second kappa shape index (κ2) is 9.83. The lowest BCUT2D eigenvalue weighted by molar-refractivity contribution is -0.384. The largest absolute Gasteiger partial charge is 0.497 e. The van der Waals surface area contributed by atoms with E-state index in [1.165, 1.54) is 44.4 Å². The standard InChI is InChI=1S/C19H19N3O7/c1-12(18(24)21-14-6-4-7-15(10-14)22(26)27)29-17(23)11-20-19(25)13-5-3-8-16(9-13)28-2/h3-10,12H,11H2,1-2H3,(H,20,25)(H,21,24). The van der Waals surface area contributed by atoms with E-state index >= 15 is 0 Å². The minimum atomic E-state index is -1.17. The van der Waals surface area contributed by atoms with Gasteiger partial charge in [-0.15, -0.1) is 0 Å². The molecule has 0 aromatic heterocycles. The smallest absolute Gasteiger partial charge is 0.326 e. The highest BCUT2D eigenvalue weighted by molar-refractivity contribution is 5.97. The number of ether oxygens (including phenoxy) is 2. The average molecular weight is 401 g/mol. The number of nitro benzene ring substituents is 1. The van der Waals surface area contributed by atoms with Gasteiger partial charge < -0.3 is 20.1 Å². The number of esters is 1. The third-order valence-corrected chi connectivity index (χ3v) is 3.73. The van der Waals surface area contributed by atoms with Crippen molar-refractivity contribution in [2.45, 2.75) is 13.0 Å². The number of methoxy groups -OCH3 is 1. The first kappa shape index (κ1) is 21.4. The zero-order valence-electron chi connectivity index (χ0n) is 15.7. The number of hydrogen-bond acceptors (Lipinski definition) is 7. The van der Waals surface area contributed by atoms with Crippen molar-refractivity contribution >= 4 is 29.2 Å². The highest BCUT2D eigenvalue weighted by Crippen LogP contribution is 2.17. The number of benzene rings is 2. The van der Waals surface area contributed by atoms with Crippen LogP contribution in [0.4, 0.5) is 11.4 Å². The Morgan fingerprint density at radius 1 is 1.14 bits per heavy atom. The number of hydrogen-bond donors (Lipinski definition) is 2. The summed E-state index contributed by atoms with van der Waals surface area (Å²) in [5.41, 5.74) is 0.305. The summed E-state index contributed by atoms with van der Waals surface area (Å²) in [6.45, 7) is 0.902. The molecule has 10 nitrogen and oxygen atoms in total. The molecule has 0 aliphatic heterocycles. The van der Waals surface area contributed by atoms with E-state index < -0.39 is 35.4 Å². The quantitative estimate of drug-likeness (QED) is 0.391. The molecule has 0 aliphatic carbocycles. The van der Waals surface area contributed by atoms with Gasteiger partial charge in [-0.2, -0.15) is 0 Å². The normalized spacial score (nSPS) is 11.1. The van der Waals surface area contributed by atoms with Crippen LogP contribution in [0, 0.1) is 10.1 Å². The second-order valence-corrected chi connectivity index (χ2v) is 5.84. The van der Waals surface area contributed by atoms with E-state index in [1.807, 2.05) is 0 Å². The number of rotatable bonds is 8. The topological polar surface area (TPSA) is 137 Å². The van der Waals surface area contributed by atoms with Crippen molar-refractivity contribution in [2.24, 2.45) is 0 Å². The van der Waals surface area contributed by atoms with Crippen LogP contribution in [-0.2, 0) is 14.3 Å². The Labute approximate surface area is 166 Å². The Hall–Kier alpha value is -3.95. The van der Waals surface area contributed by atoms with Crippen LogP contribution in [-0.4, -0.2) is 42.5 Å². The Bertz CT molecular complexity index is 930. The number of amides is 2. The molecule has 0 radical (unpaired) electrons. The molecule has 0 fully saturated rings. The fourth-order valence-electron chi connectivity index (χ4n) is 2.25. The summed E-state index contributed by atoms with van der Waals surface area (Å²) in [5.74, 6) is -1.50. The fourth-order valence-corrected chi connectivity index (χ4v) is 2.25. The van der Waals surface area contributed by atoms with E-state index in [4.69, 9.17) is 9.47 Å². The van der Waals surface area contributed by atoms with Crippen LogP contribution >= 0.6 is 0 Å². The first-order chi connectivity index (χ1) is 13.8. The lowest BCUT2D eigenvalue weighted by Crippen LogP contribution is -2.35. The van der Waals surface area contributed by atoms with E-state index in [-0.39, 0.29) is 11.4 Å². The van der Waals surface area contributed by atoms with Crippen LogP contribution < -0.4 is 15.4 Å². The predicted molar refractivity (Wildman–Crippen MR) is 103 cm³/mol. The molecule has 0 bridgehead atoms. The molecule has 0 aliphatic rings. The summed E-state index contributed by atoms with van der Waals surface area (Å²) in [4.78, 5) is 46.2. The van der Waals surface area contributed by atoms with Crippen molar-refractivity contribution in [2.75, 3.05) is 19.0 Å². The molecule has 2 amide bonds. The molecule has 2 aromatic rings. The van der Waals surface area contributed by atoms with E-state index in [0.717, 1.165) is 0 Å². The van der Waals surface area contributed by atoms with Crippen molar-refractivity contribution in [3.05, 3.63) is 64.2 Å². The number of nitrogens with zero attached hydrogens (tertiary/aromatic N) is 1. The summed E-state index contributed by atoms with van der Waals surface area (Å²) >= 11 is 0. The van der Waals surface area contributed by atoms with E-state index in [0.29, 0.717) is 11.3 Å². The lowest BCUT2D eigenvalue weighted by Gasteiger charge is -2.14. The molecule has 29 heavy (non-hydrogen) atoms. The van der Waals surface area contributed by atoms with Gasteiger partial charge in [0.1, 0.15) is 12.3 Å². The first-order valence-corrected chi connectivity index (χ1v) is 8.47. The van der Waals surface area contributed by atoms with Crippen LogP contribution in [0.25, 0.3) is 0 Å². The number of anilines is 1. The monoisotopic (exact) mass is 401 g/mol. The van der Waals surface area contributed by atoms with Gasteiger partial charge in [0, 0.05) is 23.4 Å². The number of nitro groups is 1. The SMILES string of the molecule is COc1cccc(C(=O)NCC(=O)OC(C)C(=O)Nc2cccc([N+](=O)[O-])c2)c1. The van der Waals surface area contributed by atoms with Crippen molar-refractivity contribution in [3.8, 4) is 5.75 Å². The van der Waals surface area contributed by atoms with Crippen molar-refractivity contribution in [1.29, 1.82) is 0 Å². The van der Waals surface area contributed by atoms with Crippen LogP contribution in [0.2, 0.25) is 0 Å². The summed E-state index contributed by atoms with van der Waals surface area (Å²) in [7, 11) is 1.47. The highest BCUT2D eigenvalue weighted by atomic mass is 16.6. The van der Waals surface area contributed by atoms with Gasteiger partial charge in [-0.05, 0) is 31.2 Å².